The van der Waals surface area contributed by atoms with E-state index in [4.69, 9.17) is 5.73 Å². The molecule has 6 heteroatoms. The predicted octanol–water partition coefficient (Wildman–Crippen LogP) is 1.12. The van der Waals surface area contributed by atoms with Crippen LogP contribution in [0.2, 0.25) is 0 Å². The van der Waals surface area contributed by atoms with Crippen LogP contribution in [0.1, 0.15) is 39.0 Å². The molecule has 1 fully saturated rings. The minimum atomic E-state index is -3.46. The molecule has 3 unspecified atom stereocenters. The van der Waals surface area contributed by atoms with Gasteiger partial charge in [-0.2, -0.15) is 0 Å². The Bertz CT molecular complexity index is 393. The molecule has 0 aliphatic heterocycles. The van der Waals surface area contributed by atoms with Gasteiger partial charge in [0, 0.05) is 0 Å². The molecule has 0 radical (unpaired) electrons. The molecule has 0 aromatic heterocycles. The van der Waals surface area contributed by atoms with Crippen LogP contribution < -0.4 is 5.73 Å². The van der Waals surface area contributed by atoms with Gasteiger partial charge in [0.2, 0.25) is 0 Å². The van der Waals surface area contributed by atoms with Crippen molar-refractivity contribution in [3.8, 4) is 0 Å². The van der Waals surface area contributed by atoms with Gasteiger partial charge in [0.15, 0.2) is 9.84 Å². The molecule has 1 aliphatic carbocycles. The molecule has 0 aromatic rings. The van der Waals surface area contributed by atoms with Crippen LogP contribution in [-0.2, 0) is 19.4 Å². The van der Waals surface area contributed by atoms with Crippen LogP contribution in [0.3, 0.4) is 0 Å². The molecule has 0 heterocycles. The second-order valence-electron chi connectivity index (χ2n) is 5.39. The fourth-order valence-corrected chi connectivity index (χ4v) is 5.04. The second kappa shape index (κ2) is 7.24. The minimum absolute atomic E-state index is 0.0252. The van der Waals surface area contributed by atoms with E-state index in [1.165, 1.54) is 7.11 Å². The molecule has 0 saturated heterocycles. The van der Waals surface area contributed by atoms with Crippen LogP contribution in [0.4, 0.5) is 0 Å². The van der Waals surface area contributed by atoms with Gasteiger partial charge in [0.05, 0.1) is 12.4 Å². The van der Waals surface area contributed by atoms with E-state index in [1.54, 1.807) is 0 Å². The summed E-state index contributed by atoms with van der Waals surface area (Å²) in [6.45, 7) is 2.47. The van der Waals surface area contributed by atoms with E-state index in [1.807, 2.05) is 0 Å². The van der Waals surface area contributed by atoms with Gasteiger partial charge in [-0.3, -0.25) is 4.79 Å². The summed E-state index contributed by atoms with van der Waals surface area (Å²) in [5, 5.41) is -0.484. The summed E-state index contributed by atoms with van der Waals surface area (Å²) in [7, 11) is -2.25. The molecule has 19 heavy (non-hydrogen) atoms. The van der Waals surface area contributed by atoms with E-state index in [9.17, 15) is 13.2 Å². The third-order valence-corrected chi connectivity index (χ3v) is 6.18. The number of hydrogen-bond donors (Lipinski definition) is 1. The molecule has 5 nitrogen and oxygen atoms in total. The first kappa shape index (κ1) is 16.4. The molecule has 0 amide bonds. The summed E-state index contributed by atoms with van der Waals surface area (Å²) in [6.07, 6.45) is 4.62. The van der Waals surface area contributed by atoms with E-state index < -0.39 is 26.8 Å². The van der Waals surface area contributed by atoms with Crippen LogP contribution in [0.5, 0.6) is 0 Å². The van der Waals surface area contributed by atoms with Crippen molar-refractivity contribution in [3.63, 3.8) is 0 Å². The zero-order chi connectivity index (χ0) is 14.5. The highest BCUT2D eigenvalue weighted by atomic mass is 32.2. The first-order valence-electron chi connectivity index (χ1n) is 6.93. The van der Waals surface area contributed by atoms with Crippen LogP contribution >= 0.6 is 0 Å². The molecule has 1 aliphatic rings. The molecular formula is C13H25NO4S. The highest BCUT2D eigenvalue weighted by Crippen LogP contribution is 2.35. The van der Waals surface area contributed by atoms with Gasteiger partial charge in [0.25, 0.3) is 0 Å². The van der Waals surface area contributed by atoms with E-state index in [0.29, 0.717) is 18.9 Å². The van der Waals surface area contributed by atoms with Gasteiger partial charge in [0.1, 0.15) is 5.75 Å². The molecule has 1 saturated carbocycles. The zero-order valence-corrected chi connectivity index (χ0v) is 12.6. The Morgan fingerprint density at radius 1 is 1.37 bits per heavy atom. The molecule has 3 atom stereocenters. The molecule has 2 N–H and O–H groups in total. The fraction of sp³-hybridized carbons (Fsp3) is 0.923. The van der Waals surface area contributed by atoms with Crippen molar-refractivity contribution in [1.29, 1.82) is 0 Å². The third kappa shape index (κ3) is 4.45. The maximum atomic E-state index is 12.3. The number of methoxy groups -OCH3 is 1. The topological polar surface area (TPSA) is 86.5 Å². The van der Waals surface area contributed by atoms with Crippen LogP contribution in [0, 0.1) is 11.8 Å². The third-order valence-electron chi connectivity index (χ3n) is 4.04. The van der Waals surface area contributed by atoms with E-state index in [-0.39, 0.29) is 5.92 Å². The molecule has 0 bridgehead atoms. The number of nitrogens with two attached hydrogens (primary N) is 1. The molecule has 0 spiro atoms. The molecule has 112 valence electrons. The van der Waals surface area contributed by atoms with Crippen molar-refractivity contribution in [2.75, 3.05) is 19.4 Å². The van der Waals surface area contributed by atoms with Crippen LogP contribution in [0.15, 0.2) is 0 Å². The van der Waals surface area contributed by atoms with Crippen LogP contribution in [0.25, 0.3) is 0 Å². The highest BCUT2D eigenvalue weighted by Gasteiger charge is 2.39. The largest absolute Gasteiger partial charge is 0.468 e. The van der Waals surface area contributed by atoms with Gasteiger partial charge in [-0.15, -0.1) is 0 Å². The molecular weight excluding hydrogens is 266 g/mol. The number of hydrogen-bond acceptors (Lipinski definition) is 5. The smallest absolute Gasteiger partial charge is 0.320 e. The summed E-state index contributed by atoms with van der Waals surface area (Å²) in [5.74, 6) is -0.801. The summed E-state index contributed by atoms with van der Waals surface area (Å²) in [6, 6.07) is 0. The van der Waals surface area contributed by atoms with E-state index in [0.717, 1.165) is 25.7 Å². The minimum Gasteiger partial charge on any atom is -0.468 e. The lowest BCUT2D eigenvalue weighted by Crippen LogP contribution is -2.42. The van der Waals surface area contributed by atoms with E-state index in [2.05, 4.69) is 11.7 Å². The number of sulfone groups is 1. The van der Waals surface area contributed by atoms with Crippen molar-refractivity contribution in [2.24, 2.45) is 17.6 Å². The lowest BCUT2D eigenvalue weighted by atomic mass is 9.80. The standard InChI is InChI=1S/C13H25NO4S/c1-3-4-10-5-6-11(8-14)12(7-10)19(16,17)9-13(15)18-2/h10-12H,3-9,14H2,1-2H3. The van der Waals surface area contributed by atoms with E-state index >= 15 is 0 Å². The highest BCUT2D eigenvalue weighted by molar-refractivity contribution is 7.92. The lowest BCUT2D eigenvalue weighted by molar-refractivity contribution is -0.137. The van der Waals surface area contributed by atoms with Crippen molar-refractivity contribution >= 4 is 15.8 Å². The Balaban J connectivity index is 2.82. The predicted molar refractivity (Wildman–Crippen MR) is 74.4 cm³/mol. The van der Waals surface area contributed by atoms with Gasteiger partial charge in [-0.1, -0.05) is 26.2 Å². The SMILES string of the molecule is CCCC1CCC(CN)C(S(=O)(=O)CC(=O)OC)C1. The Morgan fingerprint density at radius 2 is 2.05 bits per heavy atom. The molecule has 1 rings (SSSR count). The number of esters is 1. The zero-order valence-electron chi connectivity index (χ0n) is 11.8. The van der Waals surface area contributed by atoms with Crippen molar-refractivity contribution < 1.29 is 17.9 Å². The Morgan fingerprint density at radius 3 is 2.58 bits per heavy atom. The van der Waals surface area contributed by atoms with Crippen molar-refractivity contribution in [1.82, 2.24) is 0 Å². The van der Waals surface area contributed by atoms with Crippen molar-refractivity contribution in [3.05, 3.63) is 0 Å². The summed E-state index contributed by atoms with van der Waals surface area (Å²) in [5.41, 5.74) is 5.69. The second-order valence-corrected chi connectivity index (χ2v) is 7.61. The lowest BCUT2D eigenvalue weighted by Gasteiger charge is -2.35. The number of ether oxygens (including phenoxy) is 1. The number of carbonyl (C=O) groups excluding carboxylic acids is 1. The Labute approximate surface area is 115 Å². The summed E-state index contributed by atoms with van der Waals surface area (Å²) >= 11 is 0. The number of carbonyl (C=O) groups is 1. The average molecular weight is 291 g/mol. The van der Waals surface area contributed by atoms with Crippen molar-refractivity contribution in [2.45, 2.75) is 44.3 Å². The normalized spacial score (nSPS) is 28.1. The monoisotopic (exact) mass is 291 g/mol. The quantitative estimate of drug-likeness (QED) is 0.741. The van der Waals surface area contributed by atoms with Gasteiger partial charge in [-0.05, 0) is 31.2 Å². The van der Waals surface area contributed by atoms with Gasteiger partial charge >= 0.3 is 5.97 Å². The Hall–Kier alpha value is -0.620. The first-order chi connectivity index (χ1) is 8.94. The van der Waals surface area contributed by atoms with Crippen LogP contribution in [-0.4, -0.2) is 39.0 Å². The first-order valence-corrected chi connectivity index (χ1v) is 8.64. The Kier molecular flexibility index (Phi) is 6.26. The summed E-state index contributed by atoms with van der Waals surface area (Å²) < 4.78 is 29.1. The summed E-state index contributed by atoms with van der Waals surface area (Å²) in [4.78, 5) is 11.2. The maximum absolute atomic E-state index is 12.3. The number of rotatable bonds is 6. The maximum Gasteiger partial charge on any atom is 0.320 e. The molecule has 0 aromatic carbocycles. The van der Waals surface area contributed by atoms with Gasteiger partial charge < -0.3 is 10.5 Å². The van der Waals surface area contributed by atoms with Gasteiger partial charge in [-0.25, -0.2) is 8.42 Å². The average Bonchev–Trinajstić information content (AvgIpc) is 2.38. The fourth-order valence-electron chi connectivity index (χ4n) is 2.98.